The van der Waals surface area contributed by atoms with Crippen LogP contribution < -0.4 is 26.6 Å². The van der Waals surface area contributed by atoms with Gasteiger partial charge in [-0.25, -0.2) is 0 Å². The van der Waals surface area contributed by atoms with Crippen LogP contribution in [0.25, 0.3) is 0 Å². The molecule has 0 aromatic carbocycles. The highest BCUT2D eigenvalue weighted by Gasteiger charge is 2.61. The Morgan fingerprint density at radius 2 is 0.487 bits per heavy atom. The molecule has 29 N–H and O–H groups in total. The first-order chi connectivity index (χ1) is 54.4. The quantitative estimate of drug-likeness (QED) is 0.0318. The van der Waals surface area contributed by atoms with Crippen LogP contribution in [0.3, 0.4) is 0 Å². The third-order valence-electron chi connectivity index (χ3n) is 20.7. The first-order valence-electron chi connectivity index (χ1n) is 36.6. The van der Waals surface area contributed by atoms with E-state index in [4.69, 9.17) is 80.5 Å². The van der Waals surface area contributed by atoms with Gasteiger partial charge < -0.3 is 230 Å². The average Bonchev–Trinajstić information content (AvgIpc) is 0.741. The summed E-state index contributed by atoms with van der Waals surface area (Å²) in [5.41, 5.74) is 0. The Labute approximate surface area is 651 Å². The Morgan fingerprint density at radius 1 is 0.226 bits per heavy atom. The largest absolute Gasteiger partial charge is 0.394 e. The van der Waals surface area contributed by atoms with Gasteiger partial charge in [0.25, 0.3) is 0 Å². The van der Waals surface area contributed by atoms with E-state index in [1.54, 1.807) is 0 Å². The lowest BCUT2D eigenvalue weighted by Crippen LogP contribution is -2.71. The fraction of sp³-hybridized carbons (Fsp3) is 0.922. The van der Waals surface area contributed by atoms with Crippen LogP contribution in [0.5, 0.6) is 0 Å². The molecule has 51 nitrogen and oxygen atoms in total. The van der Waals surface area contributed by atoms with Gasteiger partial charge in [-0.2, -0.15) is 0 Å². The molecule has 0 aromatic heterocycles. The maximum atomic E-state index is 13.1. The van der Waals surface area contributed by atoms with Crippen LogP contribution >= 0.6 is 0 Å². The van der Waals surface area contributed by atoms with Crippen molar-refractivity contribution < 1.29 is 227 Å². The summed E-state index contributed by atoms with van der Waals surface area (Å²) in [4.78, 5) is 63.2. The molecule has 9 rings (SSSR count). The fourth-order valence-electron chi connectivity index (χ4n) is 14.8. The summed E-state index contributed by atoms with van der Waals surface area (Å²) in [5.74, 6) is -4.40. The Kier molecular flexibility index (Phi) is 34.1. The topological polar surface area (TPSA) is 788 Å². The number of amides is 5. The van der Waals surface area contributed by atoms with Crippen molar-refractivity contribution in [2.75, 3.05) is 59.5 Å². The highest BCUT2D eigenvalue weighted by molar-refractivity contribution is 5.75. The molecule has 9 aliphatic rings. The minimum atomic E-state index is -2.60. The summed E-state index contributed by atoms with van der Waals surface area (Å²) in [5, 5.41) is 280. The lowest BCUT2D eigenvalue weighted by atomic mass is 9.93. The summed E-state index contributed by atoms with van der Waals surface area (Å²) >= 11 is 0. The number of rotatable bonds is 30. The summed E-state index contributed by atoms with van der Waals surface area (Å²) < 4.78 is 101. The van der Waals surface area contributed by atoms with Crippen molar-refractivity contribution in [1.82, 2.24) is 26.6 Å². The van der Waals surface area contributed by atoms with Crippen LogP contribution in [0.15, 0.2) is 0 Å². The van der Waals surface area contributed by atoms with E-state index in [1.807, 2.05) is 0 Å². The monoisotopic (exact) mass is 1680 g/mol. The molecule has 9 heterocycles. The molecule has 0 unspecified atom stereocenters. The molecule has 0 aliphatic carbocycles. The molecule has 5 amide bonds. The second kappa shape index (κ2) is 41.5. The third kappa shape index (κ3) is 21.4. The van der Waals surface area contributed by atoms with Gasteiger partial charge in [0.2, 0.25) is 29.5 Å². The van der Waals surface area contributed by atoms with E-state index >= 15 is 0 Å². The van der Waals surface area contributed by atoms with E-state index in [2.05, 4.69) is 26.6 Å². The highest BCUT2D eigenvalue weighted by Crippen LogP contribution is 2.40. The van der Waals surface area contributed by atoms with Gasteiger partial charge in [0.1, 0.15) is 219 Å². The van der Waals surface area contributed by atoms with Gasteiger partial charge >= 0.3 is 0 Å². The molecular weight excluding hydrogens is 1570 g/mol. The second-order valence-corrected chi connectivity index (χ2v) is 28.9. The SMILES string of the molecule is CC(=O)N[C@@H]1[C@H](O[C@@H]2[C@@H](O[C@@H]3[C@H](O)[C@H](O[C@H]4[C@H](O)[C@@H](NC(C)=O)[C@H](O[C@H]5[C@H](O)[C@@H](NC(C)=O)[C@H](O)O[C@@H]5CO)O[C@@H]4CO)O[C@H](CO[C@H]4O[C@H](CO[C@@H]5O[C@H](CO)[C@@H](O)[C@H](O)[C@H]5NC(C)=O)[C@@H](O)[C@H](O)[C@@H]4O[C@@H]4O[C@H](CO)[C@@H](O)[C@H](O)[C@H]4NC(C)=O)[C@H]3O)O[C@H](CO)[C@@H](O)[C@@H]2O)O[C@H](CO)[C@@H](O[C@@H]2O[C@H](CO)[C@H](O)[C@H](O)[C@H]2O)[C@@H]1O. The number of ether oxygens (including phenoxy) is 17. The molecule has 664 valence electrons. The van der Waals surface area contributed by atoms with Crippen LogP contribution in [0.2, 0.25) is 0 Å². The minimum Gasteiger partial charge on any atom is -0.394 e. The predicted molar refractivity (Wildman–Crippen MR) is 355 cm³/mol. The predicted octanol–water partition coefficient (Wildman–Crippen LogP) is -19.9. The smallest absolute Gasteiger partial charge is 0.217 e. The number of hydrogen-bond acceptors (Lipinski definition) is 46. The molecule has 0 radical (unpaired) electrons. The summed E-state index contributed by atoms with van der Waals surface area (Å²) in [6.07, 6.45) is -83.5. The zero-order valence-electron chi connectivity index (χ0n) is 62.1. The molecule has 115 heavy (non-hydrogen) atoms. The first kappa shape index (κ1) is 94.6. The van der Waals surface area contributed by atoms with Crippen molar-refractivity contribution in [2.45, 2.75) is 311 Å². The van der Waals surface area contributed by atoms with Crippen molar-refractivity contribution in [3.63, 3.8) is 0 Å². The number of nitrogens with one attached hydrogen (secondary N) is 5. The van der Waals surface area contributed by atoms with Gasteiger partial charge in [-0.15, -0.1) is 0 Å². The number of aliphatic hydroxyl groups excluding tert-OH is 24. The minimum absolute atomic E-state index is 0.794. The summed E-state index contributed by atoms with van der Waals surface area (Å²) in [6.45, 7) is -4.87. The number of carbonyl (C=O) groups is 5. The maximum Gasteiger partial charge on any atom is 0.217 e. The van der Waals surface area contributed by atoms with Gasteiger partial charge in [-0.3, -0.25) is 24.0 Å². The molecule has 9 fully saturated rings. The fourth-order valence-corrected chi connectivity index (χ4v) is 14.8. The second-order valence-electron chi connectivity index (χ2n) is 28.9. The van der Waals surface area contributed by atoms with E-state index < -0.39 is 365 Å². The van der Waals surface area contributed by atoms with Gasteiger partial charge in [0, 0.05) is 34.6 Å². The van der Waals surface area contributed by atoms with Crippen LogP contribution in [-0.4, -0.2) is 488 Å². The van der Waals surface area contributed by atoms with E-state index in [0.29, 0.717) is 0 Å². The van der Waals surface area contributed by atoms with Gasteiger partial charge in [0.15, 0.2) is 56.6 Å². The van der Waals surface area contributed by atoms with Crippen molar-refractivity contribution in [1.29, 1.82) is 0 Å². The van der Waals surface area contributed by atoms with Gasteiger partial charge in [0.05, 0.1) is 59.5 Å². The highest BCUT2D eigenvalue weighted by atomic mass is 16.8. The van der Waals surface area contributed by atoms with Crippen molar-refractivity contribution in [3.05, 3.63) is 0 Å². The Morgan fingerprint density at radius 3 is 0.913 bits per heavy atom. The maximum absolute atomic E-state index is 13.1. The van der Waals surface area contributed by atoms with Crippen molar-refractivity contribution in [2.24, 2.45) is 0 Å². The Bertz CT molecular complexity index is 3100. The standard InChI is InChI=1S/C64H107N5O46/c1-15(77)65-29-42(90)50(24(10-74)101-56(29)98)110-59-32(68-18(4)80)43(91)52(26(12-76)106-59)112-62-49(97)53(113-64-55(46(94)37(85)23(9-73)105-64)115-60-33(69-19(5)81)44(92)51(25(11-75)107-60)111-61-48(96)45(93)36(84)22(8-72)104-61)39(87)28(108-62)14-100-63-54(114-58-31(67-17(3)79)41(89)35(83)21(7-71)103-58)47(95)38(86)27(109-63)13-99-57-30(66-16(2)78)40(88)34(82)20(6-70)102-57/h20-64,70-76,82-98H,6-14H2,1-5H3,(H,65,77)(H,66,78)(H,67,79)(H,68,80)(H,69,81)/t20-,21-,22-,23-,24-,25-,26-,27-,28-,29-,30-,31-,32-,33+,34-,35-,36+,37-,38-,39-,40-,41-,42-,43-,44-,45+,46+,47+,48-,49+,50-,51-,52-,53+,54+,55+,56-,57-,58+,59+,60+,61+,62+,63+,64-/m1/s1. The molecule has 0 saturated carbocycles. The first-order valence-corrected chi connectivity index (χ1v) is 36.6. The van der Waals surface area contributed by atoms with Crippen molar-refractivity contribution >= 4 is 29.5 Å². The van der Waals surface area contributed by atoms with Gasteiger partial charge in [-0.05, 0) is 0 Å². The third-order valence-corrected chi connectivity index (χ3v) is 20.7. The molecule has 45 atom stereocenters. The summed E-state index contributed by atoms with van der Waals surface area (Å²) in [7, 11) is 0. The van der Waals surface area contributed by atoms with Crippen LogP contribution in [0.4, 0.5) is 0 Å². The van der Waals surface area contributed by atoms with E-state index in [0.717, 1.165) is 34.6 Å². The van der Waals surface area contributed by atoms with Crippen LogP contribution in [0.1, 0.15) is 34.6 Å². The number of carbonyl (C=O) groups excluding carboxylic acids is 5. The molecule has 0 aromatic rings. The van der Waals surface area contributed by atoms with Gasteiger partial charge in [-0.1, -0.05) is 0 Å². The average molecular weight is 1680 g/mol. The van der Waals surface area contributed by atoms with Crippen LogP contribution in [0, 0.1) is 0 Å². The van der Waals surface area contributed by atoms with E-state index in [1.165, 1.54) is 0 Å². The zero-order valence-corrected chi connectivity index (χ0v) is 62.1. The molecule has 0 spiro atoms. The molecule has 51 heteroatoms. The van der Waals surface area contributed by atoms with Crippen molar-refractivity contribution in [3.8, 4) is 0 Å². The van der Waals surface area contributed by atoms with E-state index in [9.17, 15) is 147 Å². The lowest BCUT2D eigenvalue weighted by Gasteiger charge is -2.51. The number of hydrogen-bond donors (Lipinski definition) is 29. The Hall–Kier alpha value is -4.29. The Balaban J connectivity index is 1.09. The molecule has 0 bridgehead atoms. The molecule has 9 saturated heterocycles. The number of aliphatic hydroxyl groups is 24. The zero-order chi connectivity index (χ0) is 84.8. The lowest BCUT2D eigenvalue weighted by molar-refractivity contribution is -0.398. The normalized spacial score (nSPS) is 47.9. The van der Waals surface area contributed by atoms with Crippen LogP contribution in [-0.2, 0) is 104 Å². The molecule has 9 aliphatic heterocycles. The van der Waals surface area contributed by atoms with E-state index in [-0.39, 0.29) is 0 Å². The molecular formula is C64H107N5O46. The summed E-state index contributed by atoms with van der Waals surface area (Å²) in [6, 6.07) is -9.01.